The van der Waals surface area contributed by atoms with E-state index in [-0.39, 0.29) is 5.56 Å². The van der Waals surface area contributed by atoms with Crippen molar-refractivity contribution in [2.24, 2.45) is 7.05 Å². The predicted molar refractivity (Wildman–Crippen MR) is 120 cm³/mol. The molecule has 2 aromatic heterocycles. The second-order valence-corrected chi connectivity index (χ2v) is 7.50. The molecule has 1 amide bonds. The van der Waals surface area contributed by atoms with Crippen LogP contribution in [0.15, 0.2) is 73.2 Å². The highest BCUT2D eigenvalue weighted by molar-refractivity contribution is 6.06. The molecule has 0 aliphatic rings. The lowest BCUT2D eigenvalue weighted by Gasteiger charge is -2.15. The number of para-hydroxylation sites is 1. The van der Waals surface area contributed by atoms with E-state index in [1.54, 1.807) is 36.4 Å². The molecule has 2 N–H and O–H groups in total. The van der Waals surface area contributed by atoms with Gasteiger partial charge in [0.1, 0.15) is 0 Å². The van der Waals surface area contributed by atoms with E-state index in [1.165, 1.54) is 12.1 Å². The van der Waals surface area contributed by atoms with Gasteiger partial charge in [-0.3, -0.25) is 9.48 Å². The summed E-state index contributed by atoms with van der Waals surface area (Å²) >= 11 is 0. The van der Waals surface area contributed by atoms with E-state index in [9.17, 15) is 18.0 Å². The van der Waals surface area contributed by atoms with Crippen LogP contribution in [-0.4, -0.2) is 20.7 Å². The minimum atomic E-state index is -4.55. The summed E-state index contributed by atoms with van der Waals surface area (Å²) in [5.41, 5.74) is 2.54. The fraction of sp³-hybridized carbons (Fsp3) is 0.125. The summed E-state index contributed by atoms with van der Waals surface area (Å²) in [4.78, 5) is 17.3. The van der Waals surface area contributed by atoms with Gasteiger partial charge in [0.05, 0.1) is 17.4 Å². The van der Waals surface area contributed by atoms with Gasteiger partial charge in [0.15, 0.2) is 5.82 Å². The smallest absolute Gasteiger partial charge is 0.338 e. The van der Waals surface area contributed by atoms with Gasteiger partial charge < -0.3 is 10.6 Å². The number of aromatic nitrogens is 3. The van der Waals surface area contributed by atoms with Crippen molar-refractivity contribution in [3.63, 3.8) is 0 Å². The van der Waals surface area contributed by atoms with Crippen molar-refractivity contribution in [1.82, 2.24) is 14.8 Å². The van der Waals surface area contributed by atoms with Gasteiger partial charge in [-0.2, -0.15) is 18.3 Å². The zero-order valence-corrected chi connectivity index (χ0v) is 17.8. The van der Waals surface area contributed by atoms with Crippen LogP contribution < -0.4 is 10.6 Å². The Morgan fingerprint density at radius 2 is 1.76 bits per heavy atom. The number of benzene rings is 2. The topological polar surface area (TPSA) is 71.8 Å². The molecule has 168 valence electrons. The first kappa shape index (κ1) is 22.1. The van der Waals surface area contributed by atoms with Crippen LogP contribution in [0, 0.1) is 6.92 Å². The van der Waals surface area contributed by atoms with E-state index in [0.717, 1.165) is 28.9 Å². The fourth-order valence-electron chi connectivity index (χ4n) is 3.26. The van der Waals surface area contributed by atoms with Gasteiger partial charge in [-0.1, -0.05) is 24.3 Å². The van der Waals surface area contributed by atoms with Gasteiger partial charge in [-0.15, -0.1) is 0 Å². The molecule has 4 rings (SSSR count). The number of hydrogen-bond acceptors (Lipinski definition) is 4. The van der Waals surface area contributed by atoms with Gasteiger partial charge in [0.25, 0.3) is 5.91 Å². The molecule has 9 heteroatoms. The summed E-state index contributed by atoms with van der Waals surface area (Å²) in [6.07, 6.45) is 0.543. The van der Waals surface area contributed by atoms with Crippen LogP contribution in [0.25, 0.3) is 11.1 Å². The van der Waals surface area contributed by atoms with E-state index in [4.69, 9.17) is 0 Å². The number of halogens is 3. The van der Waals surface area contributed by atoms with Gasteiger partial charge >= 0.3 is 6.18 Å². The lowest BCUT2D eigenvalue weighted by Crippen LogP contribution is -2.15. The maximum atomic E-state index is 13.1. The Balaban J connectivity index is 1.71. The van der Waals surface area contributed by atoms with E-state index in [0.29, 0.717) is 17.1 Å². The van der Waals surface area contributed by atoms with E-state index in [2.05, 4.69) is 20.7 Å². The van der Waals surface area contributed by atoms with Gasteiger partial charge in [0, 0.05) is 41.8 Å². The molecule has 0 aliphatic carbocycles. The quantitative estimate of drug-likeness (QED) is 0.402. The average Bonchev–Trinajstić information content (AvgIpc) is 3.22. The zero-order chi connectivity index (χ0) is 23.6. The highest BCUT2D eigenvalue weighted by atomic mass is 19.4. The molecule has 0 bridgehead atoms. The second kappa shape index (κ2) is 8.78. The number of amides is 1. The number of hydrogen-bond donors (Lipinski definition) is 2. The maximum absolute atomic E-state index is 13.1. The SMILES string of the molecule is Cc1ccccc1Nc1ncc(-c2cnn(C)c2)cc1NC(=O)c1cccc(C(F)(F)F)c1. The lowest BCUT2D eigenvalue weighted by atomic mass is 10.1. The van der Waals surface area contributed by atoms with E-state index in [1.807, 2.05) is 31.2 Å². The lowest BCUT2D eigenvalue weighted by molar-refractivity contribution is -0.137. The molecule has 2 aromatic carbocycles. The summed E-state index contributed by atoms with van der Waals surface area (Å²) in [7, 11) is 1.78. The molecule has 33 heavy (non-hydrogen) atoms. The number of carbonyl (C=O) groups excluding carboxylic acids is 1. The van der Waals surface area contributed by atoms with Crippen molar-refractivity contribution in [3.8, 4) is 11.1 Å². The molecule has 0 atom stereocenters. The number of nitrogens with zero attached hydrogens (tertiary/aromatic N) is 3. The first-order valence-corrected chi connectivity index (χ1v) is 10.0. The van der Waals surface area contributed by atoms with Crippen LogP contribution in [0.3, 0.4) is 0 Å². The summed E-state index contributed by atoms with van der Waals surface area (Å²) in [6, 6.07) is 13.5. The molecule has 0 unspecified atom stereocenters. The summed E-state index contributed by atoms with van der Waals surface area (Å²) < 4.78 is 40.9. The molecule has 0 saturated carbocycles. The van der Waals surface area contributed by atoms with Crippen LogP contribution in [0.4, 0.5) is 30.4 Å². The molecular formula is C24H20F3N5O. The first-order valence-electron chi connectivity index (χ1n) is 10.0. The summed E-state index contributed by atoms with van der Waals surface area (Å²) in [5.74, 6) is -0.323. The molecule has 4 aromatic rings. The molecule has 0 fully saturated rings. The number of aryl methyl sites for hydroxylation is 2. The molecule has 0 spiro atoms. The monoisotopic (exact) mass is 451 g/mol. The summed E-state index contributed by atoms with van der Waals surface area (Å²) in [6.45, 7) is 1.92. The Morgan fingerprint density at radius 3 is 2.45 bits per heavy atom. The Hall–Kier alpha value is -4.14. The van der Waals surface area contributed by atoms with Crippen LogP contribution in [0.1, 0.15) is 21.5 Å². The van der Waals surface area contributed by atoms with Crippen LogP contribution in [0.2, 0.25) is 0 Å². The zero-order valence-electron chi connectivity index (χ0n) is 17.8. The molecule has 6 nitrogen and oxygen atoms in total. The number of carbonyl (C=O) groups is 1. The number of rotatable bonds is 5. The van der Waals surface area contributed by atoms with Crippen molar-refractivity contribution < 1.29 is 18.0 Å². The predicted octanol–water partition coefficient (Wildman–Crippen LogP) is 5.81. The average molecular weight is 451 g/mol. The van der Waals surface area contributed by atoms with E-state index >= 15 is 0 Å². The molecule has 2 heterocycles. The standard InChI is InChI=1S/C24H20F3N5O/c1-15-6-3-4-9-20(15)30-22-21(11-17(12-28-22)18-13-29-32(2)14-18)31-23(33)16-7-5-8-19(10-16)24(25,26)27/h3-14H,1-2H3,(H,28,30)(H,31,33). The normalized spacial score (nSPS) is 11.3. The third-order valence-electron chi connectivity index (χ3n) is 5.02. The van der Waals surface area contributed by atoms with Crippen molar-refractivity contribution >= 4 is 23.1 Å². The Bertz CT molecular complexity index is 1310. The second-order valence-electron chi connectivity index (χ2n) is 7.50. The maximum Gasteiger partial charge on any atom is 0.416 e. The Kier molecular flexibility index (Phi) is 5.87. The van der Waals surface area contributed by atoms with Crippen molar-refractivity contribution in [1.29, 1.82) is 0 Å². The number of anilines is 3. The van der Waals surface area contributed by atoms with Gasteiger partial charge in [-0.25, -0.2) is 4.98 Å². The highest BCUT2D eigenvalue weighted by Crippen LogP contribution is 2.32. The molecule has 0 radical (unpaired) electrons. The molecule has 0 aliphatic heterocycles. The third kappa shape index (κ3) is 5.03. The largest absolute Gasteiger partial charge is 0.416 e. The number of alkyl halides is 3. The first-order chi connectivity index (χ1) is 15.7. The van der Waals surface area contributed by atoms with Gasteiger partial charge in [-0.05, 0) is 42.8 Å². The number of nitrogens with one attached hydrogen (secondary N) is 2. The van der Waals surface area contributed by atoms with Crippen LogP contribution >= 0.6 is 0 Å². The molecular weight excluding hydrogens is 431 g/mol. The van der Waals surface area contributed by atoms with Crippen LogP contribution in [0.5, 0.6) is 0 Å². The van der Waals surface area contributed by atoms with Crippen molar-refractivity contribution in [2.45, 2.75) is 13.1 Å². The van der Waals surface area contributed by atoms with Gasteiger partial charge in [0.2, 0.25) is 0 Å². The molecule has 0 saturated heterocycles. The third-order valence-corrected chi connectivity index (χ3v) is 5.02. The van der Waals surface area contributed by atoms with Crippen LogP contribution in [-0.2, 0) is 13.2 Å². The van der Waals surface area contributed by atoms with Crippen molar-refractivity contribution in [2.75, 3.05) is 10.6 Å². The Labute approximate surface area is 188 Å². The highest BCUT2D eigenvalue weighted by Gasteiger charge is 2.31. The number of pyridine rings is 1. The van der Waals surface area contributed by atoms with Crippen molar-refractivity contribution in [3.05, 3.63) is 89.9 Å². The van der Waals surface area contributed by atoms with E-state index < -0.39 is 17.6 Å². The fourth-order valence-corrected chi connectivity index (χ4v) is 3.26. The summed E-state index contributed by atoms with van der Waals surface area (Å²) in [5, 5.41) is 10.0. The minimum Gasteiger partial charge on any atom is -0.338 e. The minimum absolute atomic E-state index is 0.113. The Morgan fingerprint density at radius 1 is 0.970 bits per heavy atom.